The van der Waals surface area contributed by atoms with Crippen LogP contribution in [0.15, 0.2) is 46.0 Å². The van der Waals surface area contributed by atoms with Gasteiger partial charge in [0.15, 0.2) is 0 Å². The number of nitrogens with zero attached hydrogens (tertiary/aromatic N) is 1. The summed E-state index contributed by atoms with van der Waals surface area (Å²) in [7, 11) is -1.93. The van der Waals surface area contributed by atoms with Gasteiger partial charge in [-0.2, -0.15) is 0 Å². The molecule has 2 rings (SSSR count). The molecular weight excluding hydrogens is 358 g/mol. The quantitative estimate of drug-likeness (QED) is 0.771. The third-order valence-electron chi connectivity index (χ3n) is 3.69. The molecule has 1 amide bonds. The van der Waals surface area contributed by atoms with E-state index < -0.39 is 10.0 Å². The van der Waals surface area contributed by atoms with Gasteiger partial charge in [0.2, 0.25) is 0 Å². The normalized spacial score (nSPS) is 12.0. The van der Waals surface area contributed by atoms with Crippen molar-refractivity contribution >= 4 is 33.0 Å². The van der Waals surface area contributed by atoms with Crippen LogP contribution in [0, 0.1) is 5.41 Å². The van der Waals surface area contributed by atoms with Gasteiger partial charge < -0.3 is 10.6 Å². The van der Waals surface area contributed by atoms with Gasteiger partial charge in [-0.1, -0.05) is 26.0 Å². The highest BCUT2D eigenvalue weighted by molar-refractivity contribution is 7.94. The molecule has 0 bridgehead atoms. The van der Waals surface area contributed by atoms with Crippen LogP contribution in [-0.2, 0) is 10.0 Å². The molecule has 1 aromatic heterocycles. The summed E-state index contributed by atoms with van der Waals surface area (Å²) < 4.78 is 27.3. The maximum absolute atomic E-state index is 12.6. The Morgan fingerprint density at radius 2 is 2.00 bits per heavy atom. The number of nitrogens with one attached hydrogen (secondary N) is 1. The summed E-state index contributed by atoms with van der Waals surface area (Å²) in [6.07, 6.45) is 0. The third-order valence-corrected chi connectivity index (χ3v) is 6.46. The Hall–Kier alpha value is -1.90. The third kappa shape index (κ3) is 5.04. The van der Waals surface area contributed by atoms with Crippen molar-refractivity contribution in [1.82, 2.24) is 4.90 Å². The number of hydrogen-bond donors (Lipinski definition) is 2. The van der Waals surface area contributed by atoms with E-state index in [1.54, 1.807) is 47.7 Å². The first-order chi connectivity index (χ1) is 11.6. The summed E-state index contributed by atoms with van der Waals surface area (Å²) in [6, 6.07) is 9.68. The molecule has 2 aromatic rings. The van der Waals surface area contributed by atoms with Crippen LogP contribution in [0.5, 0.6) is 0 Å². The second-order valence-electron chi connectivity index (χ2n) is 6.65. The van der Waals surface area contributed by atoms with E-state index in [-0.39, 0.29) is 15.5 Å². The summed E-state index contributed by atoms with van der Waals surface area (Å²) in [5.74, 6) is -0.182. The van der Waals surface area contributed by atoms with Gasteiger partial charge in [0.1, 0.15) is 4.21 Å². The number of rotatable bonds is 7. The molecule has 0 unspecified atom stereocenters. The second kappa shape index (κ2) is 7.55. The lowest BCUT2D eigenvalue weighted by Crippen LogP contribution is -2.39. The smallest absolute Gasteiger partial charge is 0.271 e. The standard InChI is InChI=1S/C17H23N3O3S2/c1-17(2,11-18)12-20(3)16(21)13-6-4-7-14(10-13)19-25(22,23)15-8-5-9-24-15/h4-10,19H,11-12,18H2,1-3H3. The minimum absolute atomic E-state index is 0.182. The zero-order valence-corrected chi connectivity index (χ0v) is 16.2. The summed E-state index contributed by atoms with van der Waals surface area (Å²) in [4.78, 5) is 14.2. The number of carbonyl (C=O) groups excluding carboxylic acids is 1. The van der Waals surface area contributed by atoms with Crippen LogP contribution in [0.4, 0.5) is 5.69 Å². The van der Waals surface area contributed by atoms with Crippen LogP contribution >= 0.6 is 11.3 Å². The number of anilines is 1. The van der Waals surface area contributed by atoms with E-state index in [2.05, 4.69) is 4.72 Å². The molecule has 0 saturated carbocycles. The molecule has 0 saturated heterocycles. The largest absolute Gasteiger partial charge is 0.341 e. The minimum Gasteiger partial charge on any atom is -0.341 e. The molecule has 25 heavy (non-hydrogen) atoms. The van der Waals surface area contributed by atoms with Crippen LogP contribution < -0.4 is 10.5 Å². The Balaban J connectivity index is 2.17. The van der Waals surface area contributed by atoms with E-state index >= 15 is 0 Å². The highest BCUT2D eigenvalue weighted by atomic mass is 32.2. The molecule has 6 nitrogen and oxygen atoms in total. The number of thiophene rings is 1. The highest BCUT2D eigenvalue weighted by Crippen LogP contribution is 2.22. The van der Waals surface area contributed by atoms with Crippen LogP contribution in [0.3, 0.4) is 0 Å². The molecule has 136 valence electrons. The Labute approximate surface area is 152 Å². The van der Waals surface area contributed by atoms with Gasteiger partial charge in [0, 0.05) is 24.8 Å². The number of carbonyl (C=O) groups is 1. The first kappa shape index (κ1) is 19.4. The van der Waals surface area contributed by atoms with Crippen LogP contribution in [0.25, 0.3) is 0 Å². The van der Waals surface area contributed by atoms with Crippen LogP contribution in [0.1, 0.15) is 24.2 Å². The van der Waals surface area contributed by atoms with Crippen molar-refractivity contribution in [2.75, 3.05) is 24.9 Å². The van der Waals surface area contributed by atoms with Gasteiger partial charge in [0.05, 0.1) is 0 Å². The molecule has 0 fully saturated rings. The van der Waals surface area contributed by atoms with Gasteiger partial charge in [-0.05, 0) is 41.6 Å². The molecule has 0 atom stereocenters. The summed E-state index contributed by atoms with van der Waals surface area (Å²) >= 11 is 1.14. The van der Waals surface area contributed by atoms with Gasteiger partial charge in [-0.3, -0.25) is 9.52 Å². The van der Waals surface area contributed by atoms with Crippen molar-refractivity contribution in [3.05, 3.63) is 47.3 Å². The maximum Gasteiger partial charge on any atom is 0.271 e. The van der Waals surface area contributed by atoms with E-state index in [0.717, 1.165) is 11.3 Å². The number of benzene rings is 1. The fourth-order valence-electron chi connectivity index (χ4n) is 2.34. The average molecular weight is 382 g/mol. The lowest BCUT2D eigenvalue weighted by Gasteiger charge is -2.29. The fourth-order valence-corrected chi connectivity index (χ4v) is 4.38. The van der Waals surface area contributed by atoms with E-state index in [1.165, 1.54) is 6.07 Å². The van der Waals surface area contributed by atoms with E-state index in [9.17, 15) is 13.2 Å². The van der Waals surface area contributed by atoms with Crippen LogP contribution in [-0.4, -0.2) is 39.4 Å². The molecule has 0 aliphatic heterocycles. The summed E-state index contributed by atoms with van der Waals surface area (Å²) in [6.45, 7) is 4.95. The van der Waals surface area contributed by atoms with Crippen LogP contribution in [0.2, 0.25) is 0 Å². The SMILES string of the molecule is CN(CC(C)(C)CN)C(=O)c1cccc(NS(=O)(=O)c2cccs2)c1. The Morgan fingerprint density at radius 3 is 2.60 bits per heavy atom. The van der Waals surface area contributed by atoms with E-state index in [1.807, 2.05) is 13.8 Å². The van der Waals surface area contributed by atoms with Crippen molar-refractivity contribution < 1.29 is 13.2 Å². The molecule has 0 spiro atoms. The Morgan fingerprint density at radius 1 is 1.28 bits per heavy atom. The zero-order chi connectivity index (χ0) is 18.7. The lowest BCUT2D eigenvalue weighted by molar-refractivity contribution is 0.0740. The zero-order valence-electron chi connectivity index (χ0n) is 14.5. The monoisotopic (exact) mass is 381 g/mol. The van der Waals surface area contributed by atoms with Crippen molar-refractivity contribution in [2.45, 2.75) is 18.1 Å². The van der Waals surface area contributed by atoms with Crippen molar-refractivity contribution in [1.29, 1.82) is 0 Å². The summed E-state index contributed by atoms with van der Waals surface area (Å²) in [5.41, 5.74) is 6.30. The topological polar surface area (TPSA) is 92.5 Å². The molecule has 0 radical (unpaired) electrons. The summed E-state index contributed by atoms with van der Waals surface area (Å²) in [5, 5.41) is 1.70. The van der Waals surface area contributed by atoms with Crippen molar-refractivity contribution in [2.24, 2.45) is 11.1 Å². The molecule has 0 aliphatic rings. The molecule has 8 heteroatoms. The maximum atomic E-state index is 12.6. The second-order valence-corrected chi connectivity index (χ2v) is 9.50. The first-order valence-corrected chi connectivity index (χ1v) is 10.1. The fraction of sp³-hybridized carbons (Fsp3) is 0.353. The highest BCUT2D eigenvalue weighted by Gasteiger charge is 2.22. The Bertz CT molecular complexity index is 831. The number of nitrogens with two attached hydrogens (primary N) is 1. The first-order valence-electron chi connectivity index (χ1n) is 7.76. The van der Waals surface area contributed by atoms with Crippen molar-refractivity contribution in [3.8, 4) is 0 Å². The van der Waals surface area contributed by atoms with E-state index in [4.69, 9.17) is 5.73 Å². The van der Waals surface area contributed by atoms with E-state index in [0.29, 0.717) is 24.3 Å². The predicted octanol–water partition coefficient (Wildman–Crippen LogP) is 2.61. The molecule has 1 heterocycles. The molecule has 3 N–H and O–H groups in total. The number of hydrogen-bond acceptors (Lipinski definition) is 5. The van der Waals surface area contributed by atoms with Gasteiger partial charge in [0.25, 0.3) is 15.9 Å². The number of sulfonamides is 1. The number of amides is 1. The average Bonchev–Trinajstić information content (AvgIpc) is 3.09. The lowest BCUT2D eigenvalue weighted by atomic mass is 9.93. The van der Waals surface area contributed by atoms with Crippen molar-refractivity contribution in [3.63, 3.8) is 0 Å². The van der Waals surface area contributed by atoms with Gasteiger partial charge >= 0.3 is 0 Å². The minimum atomic E-state index is -3.64. The van der Waals surface area contributed by atoms with Gasteiger partial charge in [-0.15, -0.1) is 11.3 Å². The Kier molecular flexibility index (Phi) is 5.87. The molecule has 1 aromatic carbocycles. The predicted molar refractivity (Wildman–Crippen MR) is 101 cm³/mol. The molecule has 0 aliphatic carbocycles. The van der Waals surface area contributed by atoms with Gasteiger partial charge in [-0.25, -0.2) is 8.42 Å². The molecular formula is C17H23N3O3S2.